The van der Waals surface area contributed by atoms with E-state index < -0.39 is 27.3 Å². The Bertz CT molecular complexity index is 1030. The fourth-order valence-electron chi connectivity index (χ4n) is 2.18. The number of aromatic amines is 1. The molecule has 3 rings (SSSR count). The first-order valence-electron chi connectivity index (χ1n) is 5.83. The van der Waals surface area contributed by atoms with E-state index in [9.17, 15) is 18.0 Å². The molecule has 22 heavy (non-hydrogen) atoms. The van der Waals surface area contributed by atoms with E-state index in [1.165, 1.54) is 6.92 Å². The number of rotatable bonds is 0. The van der Waals surface area contributed by atoms with Crippen LogP contribution in [-0.2, 0) is 6.18 Å². The highest BCUT2D eigenvalue weighted by Crippen LogP contribution is 2.39. The summed E-state index contributed by atoms with van der Waals surface area (Å²) in [7, 11) is 0. The third kappa shape index (κ3) is 1.97. The third-order valence-electron chi connectivity index (χ3n) is 3.05. The quantitative estimate of drug-likeness (QED) is 0.657. The van der Waals surface area contributed by atoms with Gasteiger partial charge in [0.1, 0.15) is 11.9 Å². The lowest BCUT2D eigenvalue weighted by atomic mass is 10.1. The van der Waals surface area contributed by atoms with E-state index in [2.05, 4.69) is 31.0 Å². The van der Waals surface area contributed by atoms with Crippen LogP contribution in [0.1, 0.15) is 17.0 Å². The lowest BCUT2D eigenvalue weighted by Crippen LogP contribution is -2.15. The summed E-state index contributed by atoms with van der Waals surface area (Å²) in [4.78, 5) is 18.4. The Morgan fingerprint density at radius 2 is 2.14 bits per heavy atom. The number of alkyl halides is 3. The minimum atomic E-state index is -4.69. The van der Waals surface area contributed by atoms with Crippen LogP contribution in [0.25, 0.3) is 16.7 Å². The third-order valence-corrected chi connectivity index (χ3v) is 3.88. The van der Waals surface area contributed by atoms with Crippen molar-refractivity contribution in [3.8, 4) is 6.07 Å². The second kappa shape index (κ2) is 4.54. The summed E-state index contributed by atoms with van der Waals surface area (Å²) in [5, 5.41) is 12.9. The molecule has 3 aromatic rings. The van der Waals surface area contributed by atoms with Gasteiger partial charge in [-0.2, -0.15) is 27.9 Å². The van der Waals surface area contributed by atoms with Crippen LogP contribution in [0.3, 0.4) is 0 Å². The molecule has 0 atom stereocenters. The lowest BCUT2D eigenvalue weighted by Gasteiger charge is -2.12. The summed E-state index contributed by atoms with van der Waals surface area (Å²) in [6.45, 7) is 1.53. The number of benzene rings is 1. The van der Waals surface area contributed by atoms with Gasteiger partial charge in [0, 0.05) is 4.47 Å². The van der Waals surface area contributed by atoms with Crippen LogP contribution in [0.5, 0.6) is 0 Å². The maximum Gasteiger partial charge on any atom is 0.417 e. The number of nitriles is 1. The molecule has 2 heterocycles. The van der Waals surface area contributed by atoms with Crippen molar-refractivity contribution in [2.75, 3.05) is 0 Å². The molecule has 0 aliphatic carbocycles. The van der Waals surface area contributed by atoms with E-state index in [1.807, 2.05) is 0 Å². The van der Waals surface area contributed by atoms with Gasteiger partial charge in [-0.15, -0.1) is 5.10 Å². The number of aryl methyl sites for hydroxylation is 1. The second-order valence-corrected chi connectivity index (χ2v) is 5.26. The number of nitrogens with one attached hydrogen (secondary N) is 1. The van der Waals surface area contributed by atoms with Gasteiger partial charge in [-0.1, -0.05) is 0 Å². The van der Waals surface area contributed by atoms with Crippen molar-refractivity contribution in [1.82, 2.24) is 19.6 Å². The molecule has 112 valence electrons. The van der Waals surface area contributed by atoms with Crippen molar-refractivity contribution in [3.05, 3.63) is 37.8 Å². The molecule has 0 aliphatic rings. The number of H-pyrrole nitrogens is 1. The molecule has 0 saturated heterocycles. The van der Waals surface area contributed by atoms with E-state index in [4.69, 9.17) is 5.26 Å². The van der Waals surface area contributed by atoms with Crippen LogP contribution in [0.2, 0.25) is 0 Å². The number of halogens is 4. The predicted molar refractivity (Wildman–Crippen MR) is 73.3 cm³/mol. The average Bonchev–Trinajstić information content (AvgIpc) is 2.77. The average molecular weight is 372 g/mol. The van der Waals surface area contributed by atoms with Crippen LogP contribution in [-0.4, -0.2) is 19.6 Å². The van der Waals surface area contributed by atoms with Crippen LogP contribution >= 0.6 is 15.9 Å². The molecule has 6 nitrogen and oxygen atoms in total. The summed E-state index contributed by atoms with van der Waals surface area (Å²) >= 11 is 2.76. The molecule has 1 N–H and O–H groups in total. The number of hydrogen-bond donors (Lipinski definition) is 1. The fourth-order valence-corrected chi connectivity index (χ4v) is 2.81. The molecule has 10 heteroatoms. The maximum atomic E-state index is 13.1. The maximum absolute atomic E-state index is 13.1. The molecule has 1 aromatic carbocycles. The van der Waals surface area contributed by atoms with Gasteiger partial charge in [0.05, 0.1) is 22.0 Å². The first-order valence-corrected chi connectivity index (χ1v) is 6.62. The predicted octanol–water partition coefficient (Wildman–Crippen LogP) is 2.53. The molecular weight excluding hydrogens is 367 g/mol. The summed E-state index contributed by atoms with van der Waals surface area (Å²) in [6.07, 6.45) is -4.69. The van der Waals surface area contributed by atoms with Crippen molar-refractivity contribution in [3.63, 3.8) is 0 Å². The Morgan fingerprint density at radius 3 is 2.73 bits per heavy atom. The van der Waals surface area contributed by atoms with Gasteiger partial charge in [-0.25, -0.2) is 0 Å². The number of fused-ring (bicyclic) bond motifs is 3. The van der Waals surface area contributed by atoms with Crippen molar-refractivity contribution < 1.29 is 13.2 Å². The minimum Gasteiger partial charge on any atom is -0.290 e. The monoisotopic (exact) mass is 371 g/mol. The zero-order chi connectivity index (χ0) is 16.2. The topological polar surface area (TPSA) is 86.8 Å². The highest BCUT2D eigenvalue weighted by molar-refractivity contribution is 9.10. The van der Waals surface area contributed by atoms with E-state index in [-0.39, 0.29) is 22.5 Å². The Balaban J connectivity index is 2.65. The summed E-state index contributed by atoms with van der Waals surface area (Å²) in [5.74, 6) is 0.285. The lowest BCUT2D eigenvalue weighted by molar-refractivity contribution is -0.138. The molecule has 0 bridgehead atoms. The highest BCUT2D eigenvalue weighted by atomic mass is 79.9. The number of aromatic nitrogens is 4. The van der Waals surface area contributed by atoms with Gasteiger partial charge in [0.15, 0.2) is 0 Å². The Labute approximate surface area is 128 Å². The first-order chi connectivity index (χ1) is 10.2. The van der Waals surface area contributed by atoms with Gasteiger partial charge in [-0.05, 0) is 28.9 Å². The van der Waals surface area contributed by atoms with Crippen molar-refractivity contribution in [2.45, 2.75) is 13.1 Å². The van der Waals surface area contributed by atoms with Crippen molar-refractivity contribution in [1.29, 1.82) is 5.26 Å². The zero-order valence-electron chi connectivity index (χ0n) is 10.8. The van der Waals surface area contributed by atoms with Crippen LogP contribution in [0.4, 0.5) is 13.2 Å². The molecule has 0 spiro atoms. The minimum absolute atomic E-state index is 0.00865. The fraction of sp³-hybridized carbons (Fsp3) is 0.167. The zero-order valence-corrected chi connectivity index (χ0v) is 12.4. The highest BCUT2D eigenvalue weighted by Gasteiger charge is 2.35. The van der Waals surface area contributed by atoms with E-state index in [0.29, 0.717) is 0 Å². The van der Waals surface area contributed by atoms with Crippen LogP contribution in [0.15, 0.2) is 15.3 Å². The van der Waals surface area contributed by atoms with E-state index in [1.54, 1.807) is 6.07 Å². The Kier molecular flexibility index (Phi) is 3.00. The molecule has 0 fully saturated rings. The first kappa shape index (κ1) is 14.5. The van der Waals surface area contributed by atoms with Crippen LogP contribution in [0, 0.1) is 18.3 Å². The summed E-state index contributed by atoms with van der Waals surface area (Å²) in [6, 6.07) is 2.41. The molecular formula is C12H5BrF3N5O. The second-order valence-electron chi connectivity index (χ2n) is 4.47. The van der Waals surface area contributed by atoms with Gasteiger partial charge in [0.2, 0.25) is 5.78 Å². The van der Waals surface area contributed by atoms with E-state index in [0.717, 1.165) is 10.6 Å². The number of nitrogens with zero attached hydrogens (tertiary/aromatic N) is 4. The molecule has 0 aliphatic heterocycles. The molecule has 0 saturated carbocycles. The SMILES string of the molecule is Cc1nc2[nH]c(=O)c3c(C#N)c(Br)c(C(F)(F)F)cc3n2n1. The molecule has 2 aromatic heterocycles. The largest absolute Gasteiger partial charge is 0.417 e. The normalized spacial score (nSPS) is 12.0. The standard InChI is InChI=1S/C12H5BrF3N5O/c1-4-18-11-19-10(22)8-5(3-17)9(13)6(12(14,15)16)2-7(8)21(11)20-4/h2H,1H3,(H,18,19,20,22). The van der Waals surface area contributed by atoms with Gasteiger partial charge in [-0.3, -0.25) is 9.78 Å². The summed E-state index contributed by atoms with van der Waals surface area (Å²) in [5.41, 5.74) is -2.30. The van der Waals surface area contributed by atoms with Crippen molar-refractivity contribution in [2.24, 2.45) is 0 Å². The number of hydrogen-bond acceptors (Lipinski definition) is 4. The smallest absolute Gasteiger partial charge is 0.290 e. The van der Waals surface area contributed by atoms with Gasteiger partial charge in [0.25, 0.3) is 5.56 Å². The van der Waals surface area contributed by atoms with Crippen LogP contribution < -0.4 is 5.56 Å². The van der Waals surface area contributed by atoms with Gasteiger partial charge >= 0.3 is 6.18 Å². The van der Waals surface area contributed by atoms with Crippen molar-refractivity contribution >= 4 is 32.6 Å². The molecule has 0 amide bonds. The Morgan fingerprint density at radius 1 is 1.45 bits per heavy atom. The molecule has 0 radical (unpaired) electrons. The Hall–Kier alpha value is -2.41. The van der Waals surface area contributed by atoms with E-state index >= 15 is 0 Å². The summed E-state index contributed by atoms with van der Waals surface area (Å²) < 4.78 is 40.0. The molecule has 0 unspecified atom stereocenters. The van der Waals surface area contributed by atoms with Gasteiger partial charge < -0.3 is 0 Å².